The lowest BCUT2D eigenvalue weighted by Crippen LogP contribution is -2.27. The monoisotopic (exact) mass is 289 g/mol. The summed E-state index contributed by atoms with van der Waals surface area (Å²) in [4.78, 5) is 0. The molecule has 0 aromatic heterocycles. The zero-order valence-electron chi connectivity index (χ0n) is 12.4. The molecule has 2 heterocycles. The van der Waals surface area contributed by atoms with Crippen LogP contribution >= 0.6 is 0 Å². The van der Waals surface area contributed by atoms with Gasteiger partial charge in [-0.3, -0.25) is 0 Å². The van der Waals surface area contributed by atoms with Gasteiger partial charge in [0.25, 0.3) is 0 Å². The van der Waals surface area contributed by atoms with Gasteiger partial charge < -0.3 is 19.5 Å². The third kappa shape index (κ3) is 2.69. The van der Waals surface area contributed by atoms with Gasteiger partial charge in [0, 0.05) is 18.3 Å². The number of fused-ring (bicyclic) bond motifs is 1. The Hall–Kier alpha value is -1.42. The summed E-state index contributed by atoms with van der Waals surface area (Å²) >= 11 is 0. The fourth-order valence-corrected chi connectivity index (χ4v) is 3.81. The maximum Gasteiger partial charge on any atom is 0.163 e. The van der Waals surface area contributed by atoms with Crippen LogP contribution in [0.25, 0.3) is 0 Å². The third-order valence-electron chi connectivity index (χ3n) is 4.93. The van der Waals surface area contributed by atoms with E-state index in [1.165, 1.54) is 38.5 Å². The van der Waals surface area contributed by atoms with Crippen molar-refractivity contribution in [1.29, 1.82) is 0 Å². The third-order valence-corrected chi connectivity index (χ3v) is 4.93. The molecule has 2 fully saturated rings. The lowest BCUT2D eigenvalue weighted by atomic mass is 9.98. The number of anilines is 1. The zero-order chi connectivity index (χ0) is 14.1. The van der Waals surface area contributed by atoms with Gasteiger partial charge in [-0.1, -0.05) is 12.8 Å². The van der Waals surface area contributed by atoms with E-state index in [1.807, 2.05) is 18.2 Å². The molecule has 21 heavy (non-hydrogen) atoms. The Bertz CT molecular complexity index is 511. The second kappa shape index (κ2) is 5.41. The average molecular weight is 289 g/mol. The molecule has 1 aromatic rings. The lowest BCUT2D eigenvalue weighted by molar-refractivity contribution is -0.0307. The van der Waals surface area contributed by atoms with E-state index in [2.05, 4.69) is 5.32 Å². The maximum absolute atomic E-state index is 6.33. The van der Waals surface area contributed by atoms with Crippen molar-refractivity contribution in [2.24, 2.45) is 0 Å². The van der Waals surface area contributed by atoms with Crippen LogP contribution in [0, 0.1) is 0 Å². The smallest absolute Gasteiger partial charge is 0.163 e. The molecule has 1 saturated carbocycles. The fourth-order valence-electron chi connectivity index (χ4n) is 3.81. The van der Waals surface area contributed by atoms with Crippen LogP contribution in [-0.4, -0.2) is 31.5 Å². The van der Waals surface area contributed by atoms with Gasteiger partial charge in [0.2, 0.25) is 0 Å². The molecule has 1 aromatic carbocycles. The molecule has 1 aliphatic carbocycles. The number of hydrogen-bond acceptors (Lipinski definition) is 4. The quantitative estimate of drug-likeness (QED) is 0.926. The number of ether oxygens (including phenoxy) is 3. The Kier molecular flexibility index (Phi) is 3.42. The van der Waals surface area contributed by atoms with Crippen molar-refractivity contribution in [3.63, 3.8) is 0 Å². The molecule has 1 unspecified atom stereocenters. The molecule has 4 nitrogen and oxygen atoms in total. The summed E-state index contributed by atoms with van der Waals surface area (Å²) < 4.78 is 17.5. The second-order valence-electron chi connectivity index (χ2n) is 6.41. The number of rotatable bonds is 3. The molecule has 4 heteroatoms. The van der Waals surface area contributed by atoms with Crippen molar-refractivity contribution in [2.75, 3.05) is 25.1 Å². The van der Waals surface area contributed by atoms with E-state index in [4.69, 9.17) is 14.2 Å². The first-order valence-electron chi connectivity index (χ1n) is 8.14. The summed E-state index contributed by atoms with van der Waals surface area (Å²) in [5.74, 6) is 1.68. The highest BCUT2D eigenvalue weighted by atomic mass is 16.6. The van der Waals surface area contributed by atoms with Gasteiger partial charge in [0.1, 0.15) is 13.2 Å². The van der Waals surface area contributed by atoms with Crippen LogP contribution in [0.1, 0.15) is 38.5 Å². The van der Waals surface area contributed by atoms with Crippen LogP contribution in [0.3, 0.4) is 0 Å². The van der Waals surface area contributed by atoms with Crippen molar-refractivity contribution in [2.45, 2.75) is 50.2 Å². The van der Waals surface area contributed by atoms with Crippen LogP contribution in [0.5, 0.6) is 11.5 Å². The van der Waals surface area contributed by atoms with E-state index >= 15 is 0 Å². The predicted octanol–water partition coefficient (Wildman–Crippen LogP) is 3.36. The minimum absolute atomic E-state index is 0.221. The van der Waals surface area contributed by atoms with E-state index in [9.17, 15) is 0 Å². The van der Waals surface area contributed by atoms with Crippen LogP contribution in [0.2, 0.25) is 0 Å². The lowest BCUT2D eigenvalue weighted by Gasteiger charge is -2.24. The molecule has 4 rings (SSSR count). The average Bonchev–Trinajstić information content (AvgIpc) is 3.15. The molecule has 1 atom stereocenters. The standard InChI is InChI=1S/C17H23NO3/c1-2-7-17(6-1)8-5-14(21-17)12-18-13-3-4-15-16(11-13)20-10-9-19-15/h3-4,11,14,18H,1-2,5-10,12H2. The summed E-state index contributed by atoms with van der Waals surface area (Å²) in [5, 5.41) is 3.48. The highest BCUT2D eigenvalue weighted by molar-refractivity contribution is 5.55. The molecule has 114 valence electrons. The van der Waals surface area contributed by atoms with Crippen LogP contribution in [0.4, 0.5) is 5.69 Å². The van der Waals surface area contributed by atoms with Gasteiger partial charge in [-0.05, 0) is 37.8 Å². The first kappa shape index (κ1) is 13.3. The highest BCUT2D eigenvalue weighted by Gasteiger charge is 2.41. The summed E-state index contributed by atoms with van der Waals surface area (Å²) in [6.07, 6.45) is 7.94. The molecule has 0 radical (unpaired) electrons. The van der Waals surface area contributed by atoms with E-state index in [0.717, 1.165) is 23.7 Å². The normalized spacial score (nSPS) is 26.2. The van der Waals surface area contributed by atoms with Gasteiger partial charge in [0.05, 0.1) is 11.7 Å². The molecule has 0 amide bonds. The molecular weight excluding hydrogens is 266 g/mol. The van der Waals surface area contributed by atoms with Crippen LogP contribution in [0.15, 0.2) is 18.2 Å². The van der Waals surface area contributed by atoms with E-state index in [1.54, 1.807) is 0 Å². The summed E-state index contributed by atoms with van der Waals surface area (Å²) in [5.41, 5.74) is 1.30. The Morgan fingerprint density at radius 1 is 1.05 bits per heavy atom. The van der Waals surface area contributed by atoms with E-state index in [0.29, 0.717) is 19.3 Å². The minimum Gasteiger partial charge on any atom is -0.486 e. The largest absolute Gasteiger partial charge is 0.486 e. The molecule has 2 aliphatic heterocycles. The Morgan fingerprint density at radius 2 is 1.86 bits per heavy atom. The number of nitrogens with one attached hydrogen (secondary N) is 1. The molecule has 1 saturated heterocycles. The second-order valence-corrected chi connectivity index (χ2v) is 6.41. The number of hydrogen-bond donors (Lipinski definition) is 1. The topological polar surface area (TPSA) is 39.7 Å². The number of benzene rings is 1. The van der Waals surface area contributed by atoms with Gasteiger partial charge in [-0.15, -0.1) is 0 Å². The molecule has 1 spiro atoms. The molecule has 1 N–H and O–H groups in total. The van der Waals surface area contributed by atoms with Crippen molar-refractivity contribution >= 4 is 5.69 Å². The highest BCUT2D eigenvalue weighted by Crippen LogP contribution is 2.43. The Balaban J connectivity index is 1.35. The molecule has 0 bridgehead atoms. The summed E-state index contributed by atoms with van der Waals surface area (Å²) in [6.45, 7) is 2.14. The molecule has 3 aliphatic rings. The van der Waals surface area contributed by atoms with Crippen LogP contribution in [-0.2, 0) is 4.74 Å². The Morgan fingerprint density at radius 3 is 2.71 bits per heavy atom. The minimum atomic E-state index is 0.221. The Labute approximate surface area is 125 Å². The van der Waals surface area contributed by atoms with Gasteiger partial charge >= 0.3 is 0 Å². The zero-order valence-corrected chi connectivity index (χ0v) is 12.4. The maximum atomic E-state index is 6.33. The van der Waals surface area contributed by atoms with Gasteiger partial charge in [-0.25, -0.2) is 0 Å². The van der Waals surface area contributed by atoms with E-state index in [-0.39, 0.29) is 5.60 Å². The SMILES string of the molecule is c1cc2c(cc1NCC1CCC3(CCCC3)O1)OCCO2. The van der Waals surface area contributed by atoms with Crippen LogP contribution < -0.4 is 14.8 Å². The van der Waals surface area contributed by atoms with E-state index < -0.39 is 0 Å². The predicted molar refractivity (Wildman–Crippen MR) is 81.2 cm³/mol. The van der Waals surface area contributed by atoms with Crippen molar-refractivity contribution in [1.82, 2.24) is 0 Å². The first-order valence-corrected chi connectivity index (χ1v) is 8.14. The first-order chi connectivity index (χ1) is 10.3. The van der Waals surface area contributed by atoms with Gasteiger partial charge in [0.15, 0.2) is 11.5 Å². The summed E-state index contributed by atoms with van der Waals surface area (Å²) in [7, 11) is 0. The summed E-state index contributed by atoms with van der Waals surface area (Å²) in [6, 6.07) is 6.05. The van der Waals surface area contributed by atoms with Crippen molar-refractivity contribution < 1.29 is 14.2 Å². The molecular formula is C17H23NO3. The van der Waals surface area contributed by atoms with Crippen molar-refractivity contribution in [3.8, 4) is 11.5 Å². The van der Waals surface area contributed by atoms with Crippen molar-refractivity contribution in [3.05, 3.63) is 18.2 Å². The fraction of sp³-hybridized carbons (Fsp3) is 0.647. The van der Waals surface area contributed by atoms with Gasteiger partial charge in [-0.2, -0.15) is 0 Å².